The summed E-state index contributed by atoms with van der Waals surface area (Å²) in [6.07, 6.45) is 3.19. The number of carbonyl (C=O) groups is 3. The molecular weight excluding hydrogens is 598 g/mol. The van der Waals surface area contributed by atoms with Crippen molar-refractivity contribution in [2.45, 2.75) is 84.3 Å². The van der Waals surface area contributed by atoms with E-state index in [9.17, 15) is 14.4 Å². The van der Waals surface area contributed by atoms with E-state index < -0.39 is 36.6 Å². The van der Waals surface area contributed by atoms with Gasteiger partial charge in [0.2, 0.25) is 5.91 Å². The Morgan fingerprint density at radius 3 is 2.38 bits per heavy atom. The van der Waals surface area contributed by atoms with E-state index in [-0.39, 0.29) is 5.91 Å². The van der Waals surface area contributed by atoms with Crippen molar-refractivity contribution in [2.24, 2.45) is 0 Å². The van der Waals surface area contributed by atoms with Gasteiger partial charge in [-0.15, -0.1) is 0 Å². The second-order valence-electron chi connectivity index (χ2n) is 12.2. The van der Waals surface area contributed by atoms with Gasteiger partial charge in [0.25, 0.3) is 0 Å². The SMILES string of the molecule is CC[C@H](C(=O)N1CCCC[C@H]1C(=O)O[C@@H](CCc1ccc(C)c(C)c1)c1cccc(OCC(=O)O)c1)c1cc(C)c(OC)c(OC)c1. The number of carboxylic acids is 1. The van der Waals surface area contributed by atoms with Crippen LogP contribution in [0.15, 0.2) is 54.6 Å². The van der Waals surface area contributed by atoms with Gasteiger partial charge in [0, 0.05) is 6.54 Å². The van der Waals surface area contributed by atoms with Gasteiger partial charge in [-0.2, -0.15) is 0 Å². The molecule has 1 amide bonds. The molecule has 1 fully saturated rings. The van der Waals surface area contributed by atoms with Gasteiger partial charge in [-0.05, 0) is 111 Å². The highest BCUT2D eigenvalue weighted by Crippen LogP contribution is 2.37. The molecule has 1 saturated heterocycles. The Morgan fingerprint density at radius 1 is 0.915 bits per heavy atom. The van der Waals surface area contributed by atoms with Gasteiger partial charge < -0.3 is 29.0 Å². The predicted molar refractivity (Wildman–Crippen MR) is 179 cm³/mol. The lowest BCUT2D eigenvalue weighted by atomic mass is 9.91. The minimum atomic E-state index is -1.08. The number of nitrogens with zero attached hydrogens (tertiary/aromatic N) is 1. The van der Waals surface area contributed by atoms with E-state index in [1.807, 2.05) is 32.0 Å². The molecular formula is C38H47NO8. The maximum atomic E-state index is 14.2. The monoisotopic (exact) mass is 645 g/mol. The van der Waals surface area contributed by atoms with Crippen LogP contribution in [-0.4, -0.2) is 61.3 Å². The standard InChI is InChI=1S/C38H47NO8/c1-7-31(29-20-26(4)36(45-6)34(22-29)44-5)37(42)39-18-9-8-13-32(39)38(43)47-33(17-16-27-15-14-24(2)25(3)19-27)28-11-10-12-30(21-28)46-23-35(40)41/h10-12,14-15,19-22,31-33H,7-9,13,16-18,23H2,1-6H3,(H,40,41)/t31-,32-,33-/m0/s1. The topological polar surface area (TPSA) is 112 Å². The molecule has 9 heteroatoms. The number of piperidine rings is 1. The van der Waals surface area contributed by atoms with Crippen LogP contribution in [-0.2, 0) is 25.5 Å². The zero-order valence-corrected chi connectivity index (χ0v) is 28.3. The van der Waals surface area contributed by atoms with E-state index in [0.29, 0.717) is 55.0 Å². The Balaban J connectivity index is 1.60. The van der Waals surface area contributed by atoms with Crippen LogP contribution in [0.4, 0.5) is 0 Å². The number of ether oxygens (including phenoxy) is 4. The third kappa shape index (κ3) is 8.84. The Labute approximate surface area is 277 Å². The molecule has 1 N–H and O–H groups in total. The van der Waals surface area contributed by atoms with Crippen molar-refractivity contribution < 1.29 is 38.4 Å². The number of benzene rings is 3. The maximum absolute atomic E-state index is 14.2. The fourth-order valence-corrected chi connectivity index (χ4v) is 6.30. The molecule has 0 saturated carbocycles. The maximum Gasteiger partial charge on any atom is 0.341 e. The van der Waals surface area contributed by atoms with Gasteiger partial charge in [-0.25, -0.2) is 9.59 Å². The summed E-state index contributed by atoms with van der Waals surface area (Å²) >= 11 is 0. The average molecular weight is 646 g/mol. The summed E-state index contributed by atoms with van der Waals surface area (Å²) in [7, 11) is 3.16. The number of rotatable bonds is 14. The van der Waals surface area contributed by atoms with Crippen molar-refractivity contribution in [3.63, 3.8) is 0 Å². The summed E-state index contributed by atoms with van der Waals surface area (Å²) in [5.74, 6) is -0.543. The molecule has 0 bridgehead atoms. The number of aliphatic carboxylic acids is 1. The van der Waals surface area contributed by atoms with Gasteiger partial charge in [0.05, 0.1) is 20.1 Å². The summed E-state index contributed by atoms with van der Waals surface area (Å²) in [5, 5.41) is 9.09. The fraction of sp³-hybridized carbons (Fsp3) is 0.447. The van der Waals surface area contributed by atoms with Gasteiger partial charge in [0.15, 0.2) is 18.1 Å². The van der Waals surface area contributed by atoms with E-state index in [4.69, 9.17) is 24.1 Å². The number of methoxy groups -OCH3 is 2. The first kappa shape index (κ1) is 35.3. The smallest absolute Gasteiger partial charge is 0.341 e. The third-order valence-corrected chi connectivity index (χ3v) is 8.97. The highest BCUT2D eigenvalue weighted by molar-refractivity contribution is 5.89. The van der Waals surface area contributed by atoms with Crippen molar-refractivity contribution in [1.29, 1.82) is 0 Å². The van der Waals surface area contributed by atoms with Crippen molar-refractivity contribution in [3.8, 4) is 17.2 Å². The largest absolute Gasteiger partial charge is 0.493 e. The van der Waals surface area contributed by atoms with Crippen LogP contribution in [0, 0.1) is 20.8 Å². The van der Waals surface area contributed by atoms with Crippen LogP contribution < -0.4 is 14.2 Å². The number of amides is 1. The van der Waals surface area contributed by atoms with Gasteiger partial charge in [-0.1, -0.05) is 43.3 Å². The second kappa shape index (κ2) is 16.3. The van der Waals surface area contributed by atoms with E-state index in [1.54, 1.807) is 37.3 Å². The Hall–Kier alpha value is -4.53. The number of esters is 1. The molecule has 1 heterocycles. The number of hydrogen-bond acceptors (Lipinski definition) is 7. The Morgan fingerprint density at radius 2 is 1.70 bits per heavy atom. The molecule has 0 spiro atoms. The third-order valence-electron chi connectivity index (χ3n) is 8.97. The van der Waals surface area contributed by atoms with Gasteiger partial charge >= 0.3 is 11.9 Å². The molecule has 3 aromatic carbocycles. The number of carboxylic acid groups (broad SMARTS) is 1. The summed E-state index contributed by atoms with van der Waals surface area (Å²) in [6.45, 7) is 8.01. The zero-order chi connectivity index (χ0) is 34.1. The predicted octanol–water partition coefficient (Wildman–Crippen LogP) is 6.88. The molecule has 9 nitrogen and oxygen atoms in total. The molecule has 0 unspecified atom stereocenters. The molecule has 1 aliphatic heterocycles. The number of carbonyl (C=O) groups excluding carboxylic acids is 2. The molecule has 4 rings (SSSR count). The molecule has 1 aliphatic rings. The molecule has 0 aromatic heterocycles. The molecule has 3 aromatic rings. The Bertz CT molecular complexity index is 1570. The highest BCUT2D eigenvalue weighted by Gasteiger charge is 2.38. The summed E-state index contributed by atoms with van der Waals surface area (Å²) < 4.78 is 22.8. The van der Waals surface area contributed by atoms with Crippen LogP contribution in [0.2, 0.25) is 0 Å². The van der Waals surface area contributed by atoms with Gasteiger partial charge in [-0.3, -0.25) is 4.79 Å². The van der Waals surface area contributed by atoms with Crippen molar-refractivity contribution in [2.75, 3.05) is 27.4 Å². The van der Waals surface area contributed by atoms with Crippen LogP contribution >= 0.6 is 0 Å². The van der Waals surface area contributed by atoms with Crippen LogP contribution in [0.1, 0.15) is 84.4 Å². The minimum Gasteiger partial charge on any atom is -0.493 e. The average Bonchev–Trinajstić information content (AvgIpc) is 3.07. The lowest BCUT2D eigenvalue weighted by Crippen LogP contribution is -2.50. The van der Waals surface area contributed by atoms with Crippen molar-refractivity contribution >= 4 is 17.8 Å². The van der Waals surface area contributed by atoms with Crippen LogP contribution in [0.25, 0.3) is 0 Å². The second-order valence-corrected chi connectivity index (χ2v) is 12.2. The van der Waals surface area contributed by atoms with Crippen LogP contribution in [0.5, 0.6) is 17.2 Å². The minimum absolute atomic E-state index is 0.114. The van der Waals surface area contributed by atoms with E-state index >= 15 is 0 Å². The number of likely N-dealkylation sites (tertiary alicyclic amines) is 1. The number of aryl methyl sites for hydroxylation is 4. The molecule has 252 valence electrons. The van der Waals surface area contributed by atoms with Crippen molar-refractivity contribution in [3.05, 3.63) is 88.0 Å². The summed E-state index contributed by atoms with van der Waals surface area (Å²) in [4.78, 5) is 41.0. The molecule has 0 radical (unpaired) electrons. The zero-order valence-electron chi connectivity index (χ0n) is 28.3. The number of hydrogen-bond donors (Lipinski definition) is 1. The fourth-order valence-electron chi connectivity index (χ4n) is 6.30. The first-order chi connectivity index (χ1) is 22.6. The van der Waals surface area contributed by atoms with Crippen molar-refractivity contribution in [1.82, 2.24) is 4.90 Å². The lowest BCUT2D eigenvalue weighted by Gasteiger charge is -2.37. The van der Waals surface area contributed by atoms with Crippen LogP contribution in [0.3, 0.4) is 0 Å². The quantitative estimate of drug-likeness (QED) is 0.189. The first-order valence-corrected chi connectivity index (χ1v) is 16.3. The van der Waals surface area contributed by atoms with E-state index in [2.05, 4.69) is 32.0 Å². The summed E-state index contributed by atoms with van der Waals surface area (Å²) in [5.41, 5.74) is 5.89. The molecule has 3 atom stereocenters. The van der Waals surface area contributed by atoms with Gasteiger partial charge in [0.1, 0.15) is 17.9 Å². The lowest BCUT2D eigenvalue weighted by molar-refractivity contribution is -0.162. The summed E-state index contributed by atoms with van der Waals surface area (Å²) in [6, 6.07) is 16.4. The van der Waals surface area contributed by atoms with E-state index in [0.717, 1.165) is 29.5 Å². The normalized spacial score (nSPS) is 15.8. The molecule has 0 aliphatic carbocycles. The van der Waals surface area contributed by atoms with E-state index in [1.165, 1.54) is 11.1 Å². The Kier molecular flexibility index (Phi) is 12.3. The molecule has 47 heavy (non-hydrogen) atoms. The first-order valence-electron chi connectivity index (χ1n) is 16.3. The highest BCUT2D eigenvalue weighted by atomic mass is 16.5.